The van der Waals surface area contributed by atoms with Gasteiger partial charge in [0.1, 0.15) is 0 Å². The molecule has 2 aliphatic rings. The third kappa shape index (κ3) is 1.76. The van der Waals surface area contributed by atoms with Crippen LogP contribution in [-0.2, 0) is 0 Å². The molecule has 0 spiro atoms. The molecule has 1 saturated heterocycles. The number of carboxylic acid groups (broad SMARTS) is 1. The lowest BCUT2D eigenvalue weighted by molar-refractivity contribution is 0.0896. The number of hydrogen-bond acceptors (Lipinski definition) is 2. The number of amides is 1. The van der Waals surface area contributed by atoms with Gasteiger partial charge >= 0.3 is 6.09 Å². The van der Waals surface area contributed by atoms with Gasteiger partial charge < -0.3 is 10.4 Å². The maximum absolute atomic E-state index is 11.8. The quantitative estimate of drug-likeness (QED) is 0.889. The van der Waals surface area contributed by atoms with Gasteiger partial charge in [0.25, 0.3) is 0 Å². The summed E-state index contributed by atoms with van der Waals surface area (Å²) in [6.45, 7) is 1.46. The first kappa shape index (κ1) is 12.4. The first-order chi connectivity index (χ1) is 10.3. The van der Waals surface area contributed by atoms with Crippen molar-refractivity contribution < 1.29 is 9.90 Å². The van der Waals surface area contributed by atoms with E-state index in [2.05, 4.69) is 17.4 Å². The van der Waals surface area contributed by atoms with Crippen molar-refractivity contribution in [3.05, 3.63) is 59.7 Å². The van der Waals surface area contributed by atoms with Gasteiger partial charge in [0.05, 0.1) is 12.1 Å². The summed E-state index contributed by atoms with van der Waals surface area (Å²) < 4.78 is 0. The number of benzene rings is 2. The van der Waals surface area contributed by atoms with E-state index in [1.54, 1.807) is 4.90 Å². The van der Waals surface area contributed by atoms with E-state index < -0.39 is 6.09 Å². The Kier molecular flexibility index (Phi) is 2.72. The highest BCUT2D eigenvalue weighted by molar-refractivity contribution is 5.81. The summed E-state index contributed by atoms with van der Waals surface area (Å²) in [5.74, 6) is 0. The molecule has 0 radical (unpaired) electrons. The normalized spacial score (nSPS) is 17.0. The molecular weight excluding hydrogens is 264 g/mol. The lowest BCUT2D eigenvalue weighted by Gasteiger charge is -2.40. The zero-order valence-electron chi connectivity index (χ0n) is 11.5. The fourth-order valence-corrected chi connectivity index (χ4v) is 3.38. The maximum atomic E-state index is 11.8. The number of nitrogens with zero attached hydrogens (tertiary/aromatic N) is 1. The van der Waals surface area contributed by atoms with E-state index in [0.717, 1.165) is 35.3 Å². The molecule has 4 heteroatoms. The van der Waals surface area contributed by atoms with E-state index in [1.165, 1.54) is 0 Å². The minimum Gasteiger partial charge on any atom is -0.465 e. The van der Waals surface area contributed by atoms with E-state index >= 15 is 0 Å². The van der Waals surface area contributed by atoms with Crippen molar-refractivity contribution in [2.24, 2.45) is 0 Å². The number of rotatable bonds is 2. The summed E-state index contributed by atoms with van der Waals surface area (Å²) in [5.41, 5.74) is 4.48. The second-order valence-corrected chi connectivity index (χ2v) is 5.58. The average molecular weight is 280 g/mol. The summed E-state index contributed by atoms with van der Waals surface area (Å²) in [5, 5.41) is 12.9. The molecule has 1 amide bonds. The largest absolute Gasteiger partial charge is 0.465 e. The summed E-state index contributed by atoms with van der Waals surface area (Å²) in [7, 11) is 0. The number of fused-ring (bicyclic) bond motifs is 3. The van der Waals surface area contributed by atoms with Gasteiger partial charge in [-0.2, -0.15) is 0 Å². The molecule has 2 aromatic rings. The van der Waals surface area contributed by atoms with E-state index in [-0.39, 0.29) is 12.1 Å². The molecule has 1 heterocycles. The highest BCUT2D eigenvalue weighted by Gasteiger charge is 2.40. The zero-order chi connectivity index (χ0) is 14.4. The predicted molar refractivity (Wildman–Crippen MR) is 80.2 cm³/mol. The molecule has 2 aromatic carbocycles. The molecule has 2 N–H and O–H groups in total. The Bertz CT molecular complexity index is 664. The lowest BCUT2D eigenvalue weighted by Crippen LogP contribution is -2.59. The molecular formula is C17H16N2O2. The average Bonchev–Trinajstić information content (AvgIpc) is 2.77. The Hall–Kier alpha value is -2.33. The van der Waals surface area contributed by atoms with Gasteiger partial charge in [0.15, 0.2) is 0 Å². The fourth-order valence-electron chi connectivity index (χ4n) is 3.38. The van der Waals surface area contributed by atoms with E-state index in [9.17, 15) is 9.90 Å². The van der Waals surface area contributed by atoms with Crippen LogP contribution in [0.3, 0.4) is 0 Å². The minimum absolute atomic E-state index is 0.0479. The molecule has 106 valence electrons. The Morgan fingerprint density at radius 3 is 1.95 bits per heavy atom. The predicted octanol–water partition coefficient (Wildman–Crippen LogP) is 2.71. The molecule has 0 aromatic heterocycles. The number of nitrogens with one attached hydrogen (secondary N) is 1. The Morgan fingerprint density at radius 1 is 1.00 bits per heavy atom. The Balaban J connectivity index is 1.89. The third-order valence-electron chi connectivity index (χ3n) is 4.45. The molecule has 1 aliphatic heterocycles. The Morgan fingerprint density at radius 2 is 1.52 bits per heavy atom. The minimum atomic E-state index is -0.849. The number of carbonyl (C=O) groups is 1. The van der Waals surface area contributed by atoms with Crippen LogP contribution < -0.4 is 5.32 Å². The Labute approximate surface area is 123 Å². The van der Waals surface area contributed by atoms with E-state index in [1.807, 2.05) is 36.4 Å². The summed E-state index contributed by atoms with van der Waals surface area (Å²) in [6, 6.07) is 16.1. The molecule has 1 aliphatic carbocycles. The van der Waals surface area contributed by atoms with Crippen LogP contribution in [0.15, 0.2) is 48.5 Å². The zero-order valence-corrected chi connectivity index (χ0v) is 11.5. The third-order valence-corrected chi connectivity index (χ3v) is 4.45. The molecule has 0 saturated carbocycles. The first-order valence-corrected chi connectivity index (χ1v) is 7.17. The summed E-state index contributed by atoms with van der Waals surface area (Å²) >= 11 is 0. The monoisotopic (exact) mass is 280 g/mol. The maximum Gasteiger partial charge on any atom is 0.408 e. The molecule has 1 fully saturated rings. The van der Waals surface area contributed by atoms with Crippen molar-refractivity contribution in [1.29, 1.82) is 0 Å². The van der Waals surface area contributed by atoms with Gasteiger partial charge in [-0.25, -0.2) is 4.79 Å². The van der Waals surface area contributed by atoms with Crippen LogP contribution in [0, 0.1) is 0 Å². The van der Waals surface area contributed by atoms with E-state index in [4.69, 9.17) is 0 Å². The first-order valence-electron chi connectivity index (χ1n) is 7.17. The smallest absolute Gasteiger partial charge is 0.408 e. The van der Waals surface area contributed by atoms with Gasteiger partial charge in [-0.3, -0.25) is 4.90 Å². The van der Waals surface area contributed by atoms with Crippen LogP contribution in [0.1, 0.15) is 17.2 Å². The topological polar surface area (TPSA) is 52.6 Å². The molecule has 21 heavy (non-hydrogen) atoms. The van der Waals surface area contributed by atoms with Crippen molar-refractivity contribution in [2.45, 2.75) is 12.1 Å². The second-order valence-electron chi connectivity index (χ2n) is 5.58. The van der Waals surface area contributed by atoms with Crippen LogP contribution in [-0.4, -0.2) is 35.2 Å². The van der Waals surface area contributed by atoms with Gasteiger partial charge in [-0.05, 0) is 22.3 Å². The van der Waals surface area contributed by atoms with Crippen molar-refractivity contribution >= 4 is 6.09 Å². The molecule has 0 atom stereocenters. The number of hydrogen-bond donors (Lipinski definition) is 2. The van der Waals surface area contributed by atoms with Gasteiger partial charge in [-0.1, -0.05) is 48.5 Å². The lowest BCUT2D eigenvalue weighted by atomic mass is 10.00. The van der Waals surface area contributed by atoms with Gasteiger partial charge in [0.2, 0.25) is 0 Å². The van der Waals surface area contributed by atoms with Crippen LogP contribution in [0.2, 0.25) is 0 Å². The van der Waals surface area contributed by atoms with Crippen LogP contribution in [0.5, 0.6) is 0 Å². The molecule has 4 nitrogen and oxygen atoms in total. The highest BCUT2D eigenvalue weighted by Crippen LogP contribution is 2.46. The van der Waals surface area contributed by atoms with Gasteiger partial charge in [0, 0.05) is 13.1 Å². The molecule has 0 unspecified atom stereocenters. The molecule has 4 rings (SSSR count). The standard InChI is InChI=1S/C17H16N2O2/c20-17(21)19(11-9-18-10-11)16-14-7-3-1-5-12(14)13-6-2-4-8-15(13)16/h1-8,11,16,18H,9-10H2,(H,20,21). The van der Waals surface area contributed by atoms with Crippen molar-refractivity contribution in [3.8, 4) is 11.1 Å². The van der Waals surface area contributed by atoms with Crippen molar-refractivity contribution in [3.63, 3.8) is 0 Å². The van der Waals surface area contributed by atoms with Crippen molar-refractivity contribution in [2.75, 3.05) is 13.1 Å². The second kappa shape index (κ2) is 4.60. The highest BCUT2D eigenvalue weighted by atomic mass is 16.4. The summed E-state index contributed by atoms with van der Waals surface area (Å²) in [6.07, 6.45) is -0.849. The SMILES string of the molecule is O=C(O)N(C1CNC1)C1c2ccccc2-c2ccccc21. The van der Waals surface area contributed by atoms with Crippen molar-refractivity contribution in [1.82, 2.24) is 10.2 Å². The van der Waals surface area contributed by atoms with E-state index in [0.29, 0.717) is 0 Å². The van der Waals surface area contributed by atoms with Crippen LogP contribution >= 0.6 is 0 Å². The summed E-state index contributed by atoms with van der Waals surface area (Å²) in [4.78, 5) is 13.5. The van der Waals surface area contributed by atoms with Crippen LogP contribution in [0.4, 0.5) is 4.79 Å². The molecule has 0 bridgehead atoms. The van der Waals surface area contributed by atoms with Gasteiger partial charge in [-0.15, -0.1) is 0 Å². The van der Waals surface area contributed by atoms with Crippen LogP contribution in [0.25, 0.3) is 11.1 Å². The fraction of sp³-hybridized carbons (Fsp3) is 0.235.